The smallest absolute Gasteiger partial charge is 0.266 e. The number of imidazole rings is 1. The number of allylic oxidation sites excluding steroid dienone is 1. The number of benzene rings is 3. The molecule has 0 aliphatic carbocycles. The molecule has 428 valence electrons. The van der Waals surface area contributed by atoms with Crippen molar-refractivity contribution in [1.82, 2.24) is 45.4 Å². The number of halogens is 1. The molecule has 1 unspecified atom stereocenters. The quantitative estimate of drug-likeness (QED) is 0.0390. The maximum Gasteiger partial charge on any atom is 0.266 e. The summed E-state index contributed by atoms with van der Waals surface area (Å²) in [5.74, 6) is 0.198. The summed E-state index contributed by atoms with van der Waals surface area (Å²) in [6.45, 7) is 15.9. The van der Waals surface area contributed by atoms with Crippen LogP contribution in [0.4, 0.5) is 0 Å². The molecule has 3 aromatic carbocycles. The number of nitrogens with zero attached hydrogens (tertiary/aromatic N) is 6. The Labute approximate surface area is 470 Å². The second kappa shape index (κ2) is 28.3. The normalized spacial score (nSPS) is 16.0. The van der Waals surface area contributed by atoms with E-state index in [0.29, 0.717) is 108 Å². The van der Waals surface area contributed by atoms with E-state index in [2.05, 4.69) is 62.3 Å². The summed E-state index contributed by atoms with van der Waals surface area (Å²) in [6, 6.07) is 16.0. The van der Waals surface area contributed by atoms with Crippen molar-refractivity contribution < 1.29 is 57.0 Å². The average molecular weight is 1120 g/mol. The highest BCUT2D eigenvalue weighted by Crippen LogP contribution is 2.35. The number of fused-ring (bicyclic) bond motifs is 2. The van der Waals surface area contributed by atoms with Crippen LogP contribution < -0.4 is 25.4 Å². The molecule has 0 saturated carbocycles. The topological polar surface area (TPSA) is 238 Å². The van der Waals surface area contributed by atoms with Crippen molar-refractivity contribution in [3.8, 4) is 22.6 Å². The van der Waals surface area contributed by atoms with Crippen LogP contribution in [0, 0.1) is 13.8 Å². The van der Waals surface area contributed by atoms with Crippen LogP contribution >= 0.6 is 11.6 Å². The highest BCUT2D eigenvalue weighted by atomic mass is 35.5. The molecule has 80 heavy (non-hydrogen) atoms. The fourth-order valence-corrected chi connectivity index (χ4v) is 10.5. The van der Waals surface area contributed by atoms with Crippen LogP contribution in [-0.2, 0) is 52.8 Å². The molecule has 0 radical (unpaired) electrons. The molecule has 3 aliphatic rings. The number of ether oxygens (including phenoxy) is 5. The third kappa shape index (κ3) is 15.0. The summed E-state index contributed by atoms with van der Waals surface area (Å²) >= 11 is 6.48. The lowest BCUT2D eigenvalue weighted by molar-refractivity contribution is -0.135. The zero-order valence-corrected chi connectivity index (χ0v) is 46.8. The van der Waals surface area contributed by atoms with Gasteiger partial charge >= 0.3 is 0 Å². The predicted octanol–water partition coefficient (Wildman–Crippen LogP) is 5.60. The maximum absolute atomic E-state index is 13.3. The minimum absolute atomic E-state index is 0.0215. The molecule has 2 atom stereocenters. The predicted molar refractivity (Wildman–Crippen MR) is 297 cm³/mol. The molecule has 2 aromatic heterocycles. The summed E-state index contributed by atoms with van der Waals surface area (Å²) in [5.41, 5.74) is 6.57. The third-order valence-corrected chi connectivity index (χ3v) is 14.8. The van der Waals surface area contributed by atoms with Gasteiger partial charge in [-0.05, 0) is 100 Å². The SMILES string of the molecule is C=C1CCC(N2C(=O)c3cccc(OCC(=O)NCCCOCCOCCOCCCNC(=O)CCC(=O)N4CCN([C@@H](C)Cn5c(CCc6ccc(OC)c(Cl)c6)nc6cc(-c7c(C)noc7C)ccc65)CC4)c3C2=O)C(=O)N1. The van der Waals surface area contributed by atoms with Crippen molar-refractivity contribution in [2.45, 2.75) is 90.8 Å². The summed E-state index contributed by atoms with van der Waals surface area (Å²) in [6.07, 6.45) is 3.63. The van der Waals surface area contributed by atoms with Gasteiger partial charge in [0.15, 0.2) is 6.61 Å². The van der Waals surface area contributed by atoms with Gasteiger partial charge in [-0.25, -0.2) is 4.98 Å². The van der Waals surface area contributed by atoms with E-state index in [1.807, 2.05) is 36.9 Å². The third-order valence-electron chi connectivity index (χ3n) is 14.5. The number of piperidine rings is 1. The average Bonchev–Trinajstić information content (AvgIpc) is 4.25. The summed E-state index contributed by atoms with van der Waals surface area (Å²) in [4.78, 5) is 87.6. The van der Waals surface area contributed by atoms with Crippen molar-refractivity contribution in [3.05, 3.63) is 106 Å². The number of nitrogens with one attached hydrogen (secondary N) is 3. The minimum atomic E-state index is -0.950. The molecule has 6 amide bonds. The molecule has 3 N–H and O–H groups in total. The second-order valence-electron chi connectivity index (χ2n) is 20.1. The van der Waals surface area contributed by atoms with E-state index in [4.69, 9.17) is 44.8 Å². The lowest BCUT2D eigenvalue weighted by Crippen LogP contribution is -2.52. The number of amides is 6. The Morgan fingerprint density at radius 2 is 1.55 bits per heavy atom. The van der Waals surface area contributed by atoms with E-state index in [-0.39, 0.29) is 60.6 Å². The van der Waals surface area contributed by atoms with Crippen LogP contribution in [0.2, 0.25) is 5.02 Å². The number of hydrogen-bond acceptors (Lipinski definition) is 15. The number of imide groups is 1. The van der Waals surface area contributed by atoms with E-state index < -0.39 is 29.7 Å². The van der Waals surface area contributed by atoms with E-state index in [1.165, 1.54) is 12.1 Å². The Hall–Kier alpha value is -7.17. The standard InChI is InChI=1S/C58H72ClN9O12/c1-37-11-15-47(56(72)62-37)68-57(73)43-9-6-10-49(55(43)58(68)74)79-36-52(70)61-22-8-28-77-30-32-78-31-29-76-27-7-21-60-51(69)19-20-53(71)66-25-23-65(24-26-66)38(2)35-67-46-16-14-42(54-39(3)64-80-40(54)4)34-45(46)63-50(67)18-13-41-12-17-48(75-5)44(59)33-41/h6,9-10,12,14,16-17,33-34,38,47H,1,7-8,11,13,15,18-32,35-36H2,2-5H3,(H,60,69)(H,61,70)(H,62,72)/t38-,47?/m0/s1. The molecule has 22 heteroatoms. The maximum atomic E-state index is 13.3. The first-order valence-electron chi connectivity index (χ1n) is 27.4. The fraction of sp³-hybridized carbons (Fsp3) is 0.483. The lowest BCUT2D eigenvalue weighted by atomic mass is 10.0. The van der Waals surface area contributed by atoms with Crippen LogP contribution in [0.25, 0.3) is 22.2 Å². The molecule has 2 fully saturated rings. The lowest BCUT2D eigenvalue weighted by Gasteiger charge is -2.38. The van der Waals surface area contributed by atoms with Crippen LogP contribution in [0.3, 0.4) is 0 Å². The number of aromatic nitrogens is 3. The monoisotopic (exact) mass is 1120 g/mol. The van der Waals surface area contributed by atoms with E-state index in [1.54, 1.807) is 13.2 Å². The van der Waals surface area contributed by atoms with E-state index >= 15 is 0 Å². The molecule has 3 aliphatic heterocycles. The van der Waals surface area contributed by atoms with Crippen LogP contribution in [0.1, 0.15) is 89.0 Å². The van der Waals surface area contributed by atoms with Gasteiger partial charge in [0.25, 0.3) is 17.7 Å². The molecule has 0 spiro atoms. The summed E-state index contributed by atoms with van der Waals surface area (Å²) < 4.78 is 35.6. The number of carbonyl (C=O) groups is 6. The molecule has 2 saturated heterocycles. The van der Waals surface area contributed by atoms with Crippen LogP contribution in [0.5, 0.6) is 11.5 Å². The zero-order valence-electron chi connectivity index (χ0n) is 46.1. The van der Waals surface area contributed by atoms with Gasteiger partial charge in [0.1, 0.15) is 29.1 Å². The van der Waals surface area contributed by atoms with Gasteiger partial charge in [0, 0.05) is 95.6 Å². The molecule has 0 bridgehead atoms. The molecule has 5 aromatic rings. The molecular weight excluding hydrogens is 1050 g/mol. The number of carbonyl (C=O) groups excluding carboxylic acids is 6. The van der Waals surface area contributed by atoms with Gasteiger partial charge < -0.3 is 53.6 Å². The Bertz CT molecular complexity index is 3020. The van der Waals surface area contributed by atoms with Crippen molar-refractivity contribution >= 4 is 58.1 Å². The number of hydrogen-bond donors (Lipinski definition) is 3. The van der Waals surface area contributed by atoms with Crippen LogP contribution in [0.15, 0.2) is 71.4 Å². The van der Waals surface area contributed by atoms with Gasteiger partial charge in [0.05, 0.1) is 66.4 Å². The first-order valence-corrected chi connectivity index (χ1v) is 27.7. The van der Waals surface area contributed by atoms with E-state index in [9.17, 15) is 28.8 Å². The Balaban J connectivity index is 0.641. The number of aryl methyl sites for hydroxylation is 4. The van der Waals surface area contributed by atoms with Gasteiger partial charge in [-0.3, -0.25) is 38.6 Å². The molecule has 5 heterocycles. The summed E-state index contributed by atoms with van der Waals surface area (Å²) in [5, 5.41) is 13.0. The van der Waals surface area contributed by atoms with E-state index in [0.717, 1.165) is 76.0 Å². The second-order valence-corrected chi connectivity index (χ2v) is 20.5. The molecular formula is C58H72ClN9O12. The Morgan fingerprint density at radius 1 is 0.838 bits per heavy atom. The Morgan fingerprint density at radius 3 is 2.23 bits per heavy atom. The Kier molecular flexibility index (Phi) is 20.9. The van der Waals surface area contributed by atoms with Gasteiger partial charge in [0.2, 0.25) is 17.7 Å². The summed E-state index contributed by atoms with van der Waals surface area (Å²) in [7, 11) is 1.61. The minimum Gasteiger partial charge on any atom is -0.495 e. The number of piperazine rings is 1. The number of methoxy groups -OCH3 is 1. The first-order chi connectivity index (χ1) is 38.7. The van der Waals surface area contributed by atoms with Crippen molar-refractivity contribution in [2.75, 3.05) is 92.6 Å². The highest BCUT2D eigenvalue weighted by Gasteiger charge is 2.45. The van der Waals surface area contributed by atoms with Gasteiger partial charge in [-0.15, -0.1) is 0 Å². The fourth-order valence-electron chi connectivity index (χ4n) is 10.2. The van der Waals surface area contributed by atoms with Crippen LogP contribution in [-0.4, -0.2) is 170 Å². The highest BCUT2D eigenvalue weighted by molar-refractivity contribution is 6.32. The van der Waals surface area contributed by atoms with Crippen molar-refractivity contribution in [3.63, 3.8) is 0 Å². The van der Waals surface area contributed by atoms with Crippen molar-refractivity contribution in [1.29, 1.82) is 0 Å². The van der Waals surface area contributed by atoms with Crippen molar-refractivity contribution in [2.24, 2.45) is 0 Å². The van der Waals surface area contributed by atoms with Gasteiger partial charge in [-0.2, -0.15) is 0 Å². The zero-order chi connectivity index (χ0) is 56.7. The van der Waals surface area contributed by atoms with Gasteiger partial charge in [-0.1, -0.05) is 41.5 Å². The number of rotatable bonds is 29. The molecule has 21 nitrogen and oxygen atoms in total. The first kappa shape index (κ1) is 59.0. The molecule has 8 rings (SSSR count). The largest absolute Gasteiger partial charge is 0.495 e.